The van der Waals surface area contributed by atoms with Gasteiger partial charge in [0.05, 0.1) is 0 Å². The van der Waals surface area contributed by atoms with Crippen LogP contribution in [0.2, 0.25) is 0 Å². The molecule has 44 heavy (non-hydrogen) atoms. The monoisotopic (exact) mass is 758 g/mol. The number of aromatic nitrogens is 4. The third-order valence-corrected chi connectivity index (χ3v) is 9.92. The van der Waals surface area contributed by atoms with Crippen molar-refractivity contribution in [2.45, 2.75) is 45.4 Å². The summed E-state index contributed by atoms with van der Waals surface area (Å²) in [6.45, 7) is 4.44. The Balaban J connectivity index is 1.27. The van der Waals surface area contributed by atoms with Gasteiger partial charge in [0.2, 0.25) is 0 Å². The van der Waals surface area contributed by atoms with Crippen LogP contribution in [0.5, 0.6) is 11.5 Å². The van der Waals surface area contributed by atoms with E-state index in [9.17, 15) is 0 Å². The molecule has 0 radical (unpaired) electrons. The zero-order chi connectivity index (χ0) is 32.7. The van der Waals surface area contributed by atoms with Gasteiger partial charge in [0.1, 0.15) is 0 Å². The Hall–Kier alpha value is -4.21. The summed E-state index contributed by atoms with van der Waals surface area (Å²) in [5.74, 6) is 1.90. The van der Waals surface area contributed by atoms with Crippen molar-refractivity contribution >= 4 is 32.8 Å². The number of nitrogens with zero attached hydrogens (tertiary/aromatic N) is 4. The number of hydrogen-bond acceptors (Lipinski definition) is 2. The van der Waals surface area contributed by atoms with Gasteiger partial charge < -0.3 is 0 Å². The van der Waals surface area contributed by atoms with Gasteiger partial charge in [-0.15, -0.1) is 0 Å². The van der Waals surface area contributed by atoms with E-state index in [1.54, 1.807) is 0 Å². The van der Waals surface area contributed by atoms with Gasteiger partial charge >= 0.3 is 198 Å². The average molecular weight is 759 g/mol. The van der Waals surface area contributed by atoms with Gasteiger partial charge in [0.15, 0.2) is 0 Å². The number of rotatable bonds is 4. The van der Waals surface area contributed by atoms with E-state index in [1.807, 2.05) is 65.4 Å². The molecule has 3 aromatic heterocycles. The standard InChI is InChI=1S/C38H32N4O.Pt/c1-25-16-18-39-37(19-25)42-35-22-29(14-15-30(35)31-20-26-9-8-17-38(2,3)32(26)23-36(31)42)43-28-11-7-10-27(21-28)41-24-40(4)33-12-5-6-13-34(33)41;/h5-7,10-16,18-20,23H,8-9,17H2,1-4H3;/q-2;/i4D3;. The zero-order valence-corrected chi connectivity index (χ0v) is 27.0. The quantitative estimate of drug-likeness (QED) is 0.168. The summed E-state index contributed by atoms with van der Waals surface area (Å²) in [5.41, 5.74) is 8.16. The third-order valence-electron chi connectivity index (χ3n) is 8.90. The summed E-state index contributed by atoms with van der Waals surface area (Å²) in [7, 11) is 0. The van der Waals surface area contributed by atoms with Gasteiger partial charge in [-0.05, 0) is 54.4 Å². The van der Waals surface area contributed by atoms with Crippen molar-refractivity contribution in [2.75, 3.05) is 0 Å². The third kappa shape index (κ3) is 4.32. The van der Waals surface area contributed by atoms with Crippen molar-refractivity contribution in [1.29, 1.82) is 0 Å². The minimum atomic E-state index is -2.33. The molecule has 0 fully saturated rings. The van der Waals surface area contributed by atoms with Gasteiger partial charge in [-0.2, -0.15) is 0 Å². The zero-order valence-electron chi connectivity index (χ0n) is 27.7. The first-order chi connectivity index (χ1) is 22.5. The first-order valence-electron chi connectivity index (χ1n) is 16.4. The van der Waals surface area contributed by atoms with Crippen LogP contribution in [0.25, 0.3) is 44.3 Å². The Morgan fingerprint density at radius 2 is 1.73 bits per heavy atom. The molecular formula is C38H32N4OPt-2. The molecule has 8 rings (SSSR count). The average Bonchev–Trinajstić information content (AvgIpc) is 3.51. The molecule has 1 aliphatic rings. The maximum atomic E-state index is 8.16. The van der Waals surface area contributed by atoms with Crippen molar-refractivity contribution in [2.24, 2.45) is 6.98 Å². The number of hydrogen-bond donors (Lipinski definition) is 0. The molecule has 5 nitrogen and oxygen atoms in total. The van der Waals surface area contributed by atoms with Crippen LogP contribution in [0.4, 0.5) is 0 Å². The van der Waals surface area contributed by atoms with Gasteiger partial charge in [-0.25, -0.2) is 0 Å². The number of aryl methyl sites for hydroxylation is 3. The van der Waals surface area contributed by atoms with E-state index >= 15 is 0 Å². The van der Waals surface area contributed by atoms with Crippen molar-refractivity contribution in [1.82, 2.24) is 18.7 Å². The SMILES string of the molecule is [2H]C([2H])([2H])n1[c](=[Pt])n(-c2[c-]c(Oc3[c-]c4c(cc3)c3cc5c(cc3n4-c3cc(C)ccn3)C(C)(C)CCC5)ccc2)c2ccccc21. The maximum absolute atomic E-state index is 8.16. The molecule has 4 aromatic carbocycles. The second-order valence-corrected chi connectivity index (χ2v) is 13.3. The first-order valence-corrected chi connectivity index (χ1v) is 16.0. The van der Waals surface area contributed by atoms with E-state index in [0.717, 1.165) is 39.7 Å². The minimum absolute atomic E-state index is 0.105. The number of para-hydroxylation sites is 2. The summed E-state index contributed by atoms with van der Waals surface area (Å²) in [4.78, 5) is 4.79. The normalized spacial score (nSPS) is 15.7. The van der Waals surface area contributed by atoms with E-state index in [2.05, 4.69) is 81.1 Å². The van der Waals surface area contributed by atoms with Crippen LogP contribution in [0.1, 0.15) is 47.5 Å². The van der Waals surface area contributed by atoms with Gasteiger partial charge in [-0.1, -0.05) is 13.8 Å². The molecule has 6 heteroatoms. The number of ether oxygens (including phenoxy) is 1. The summed E-state index contributed by atoms with van der Waals surface area (Å²) in [5, 5.41) is 2.29. The Morgan fingerprint density at radius 1 is 0.886 bits per heavy atom. The molecule has 0 bridgehead atoms. The number of imidazole rings is 1. The van der Waals surface area contributed by atoms with Crippen LogP contribution >= 0.6 is 0 Å². The number of benzene rings is 4. The molecule has 0 saturated carbocycles. The molecule has 0 aliphatic heterocycles. The molecule has 0 N–H and O–H groups in total. The Bertz CT molecular complexity index is 2430. The van der Waals surface area contributed by atoms with Crippen LogP contribution in [-0.4, -0.2) is 18.7 Å². The van der Waals surface area contributed by atoms with Gasteiger partial charge in [0.25, 0.3) is 0 Å². The predicted molar refractivity (Wildman–Crippen MR) is 173 cm³/mol. The van der Waals surface area contributed by atoms with Crippen molar-refractivity contribution in [3.8, 4) is 23.0 Å². The fraction of sp³-hybridized carbons (Fsp3) is 0.211. The molecular weight excluding hydrogens is 724 g/mol. The van der Waals surface area contributed by atoms with Crippen molar-refractivity contribution in [3.63, 3.8) is 0 Å². The van der Waals surface area contributed by atoms with E-state index < -0.39 is 6.98 Å². The van der Waals surface area contributed by atoms with Crippen LogP contribution in [0.15, 0.2) is 85.1 Å². The molecule has 222 valence electrons. The number of pyridine rings is 1. The van der Waals surface area contributed by atoms with Crippen LogP contribution in [-0.2, 0) is 38.2 Å². The summed E-state index contributed by atoms with van der Waals surface area (Å²) in [6, 6.07) is 33.0. The van der Waals surface area contributed by atoms with E-state index in [0.29, 0.717) is 26.5 Å². The molecule has 3 heterocycles. The van der Waals surface area contributed by atoms with Crippen LogP contribution in [0.3, 0.4) is 0 Å². The topological polar surface area (TPSA) is 36.9 Å². The second kappa shape index (κ2) is 10.2. The Kier molecular flexibility index (Phi) is 5.58. The summed E-state index contributed by atoms with van der Waals surface area (Å²) in [6.07, 6.45) is 5.30. The molecule has 0 amide bonds. The van der Waals surface area contributed by atoms with E-state index in [4.69, 9.17) is 13.8 Å². The molecule has 0 spiro atoms. The van der Waals surface area contributed by atoms with Crippen molar-refractivity contribution < 1.29 is 28.2 Å². The predicted octanol–water partition coefficient (Wildman–Crippen LogP) is 8.85. The molecule has 0 atom stereocenters. The van der Waals surface area contributed by atoms with E-state index in [-0.39, 0.29) is 5.41 Å². The van der Waals surface area contributed by atoms with Gasteiger partial charge in [0, 0.05) is 6.20 Å². The molecule has 7 aromatic rings. The first kappa shape index (κ1) is 24.1. The Morgan fingerprint density at radius 3 is 2.57 bits per heavy atom. The van der Waals surface area contributed by atoms with Crippen molar-refractivity contribution in [3.05, 3.63) is 118 Å². The second-order valence-electron chi connectivity index (χ2n) is 12.3. The summed E-state index contributed by atoms with van der Waals surface area (Å²) < 4.78 is 37.0. The molecule has 0 saturated heterocycles. The Labute approximate surface area is 272 Å². The molecule has 0 unspecified atom stereocenters. The van der Waals surface area contributed by atoms with Gasteiger partial charge in [-0.3, -0.25) is 0 Å². The van der Waals surface area contributed by atoms with Crippen LogP contribution < -0.4 is 4.74 Å². The fourth-order valence-electron chi connectivity index (χ4n) is 6.74. The van der Waals surface area contributed by atoms with E-state index in [1.165, 1.54) is 33.9 Å². The fourth-order valence-corrected chi connectivity index (χ4v) is 7.56. The summed E-state index contributed by atoms with van der Waals surface area (Å²) >= 11 is 2.07. The number of fused-ring (bicyclic) bond motifs is 5. The molecule has 1 aliphatic carbocycles. The van der Waals surface area contributed by atoms with Crippen LogP contribution in [0, 0.1) is 22.9 Å².